The van der Waals surface area contributed by atoms with Gasteiger partial charge in [0.05, 0.1) is 13.2 Å². The van der Waals surface area contributed by atoms with E-state index < -0.39 is 72.6 Å². The Morgan fingerprint density at radius 3 is 1.14 bits per heavy atom. The predicted octanol–water partition coefficient (Wildman–Crippen LogP) is -8.89. The zero-order valence-corrected chi connectivity index (χ0v) is 16.8. The second-order valence-corrected chi connectivity index (χ2v) is 4.58. The molecule has 0 aromatic heterocycles. The first kappa shape index (κ1) is 38.2. The summed E-state index contributed by atoms with van der Waals surface area (Å²) in [6.45, 7) is -1.40. The SMILES string of the molecule is O.O.O.O.O=C1O[C@H]([C@@H](O)CO)C(O)=C1[O-].O=C1O[C@H]([C@@H](O)CO)C(O)=C1[O-].[Ca+2]. The quantitative estimate of drug-likeness (QED) is 0.167. The van der Waals surface area contributed by atoms with Crippen LogP contribution in [0, 0.1) is 0 Å². The molecule has 0 saturated carbocycles. The van der Waals surface area contributed by atoms with Crippen molar-refractivity contribution in [3.05, 3.63) is 23.0 Å². The fourth-order valence-corrected chi connectivity index (χ4v) is 1.63. The third kappa shape index (κ3) is 8.84. The maximum atomic E-state index is 10.6. The number of rotatable bonds is 4. The molecular formula is C12H22CaO16. The zero-order valence-electron chi connectivity index (χ0n) is 14.6. The van der Waals surface area contributed by atoms with Gasteiger partial charge in [0, 0.05) is 11.5 Å². The Balaban J connectivity index is -0.000000113. The number of cyclic esters (lactones) is 2. The predicted molar refractivity (Wildman–Crippen MR) is 85.5 cm³/mol. The summed E-state index contributed by atoms with van der Waals surface area (Å²) in [6, 6.07) is 0. The Morgan fingerprint density at radius 1 is 0.759 bits per heavy atom. The third-order valence-electron chi connectivity index (χ3n) is 2.92. The molecule has 2 heterocycles. The fourth-order valence-electron chi connectivity index (χ4n) is 1.63. The van der Waals surface area contributed by atoms with Gasteiger partial charge in [-0.05, 0) is 0 Å². The second kappa shape index (κ2) is 16.4. The van der Waals surface area contributed by atoms with E-state index in [1.54, 1.807) is 0 Å². The van der Waals surface area contributed by atoms with Gasteiger partial charge < -0.3 is 72.2 Å². The van der Waals surface area contributed by atoms with Crippen molar-refractivity contribution >= 4 is 49.7 Å². The summed E-state index contributed by atoms with van der Waals surface area (Å²) in [5, 5.41) is 73.5. The van der Waals surface area contributed by atoms with Gasteiger partial charge in [0.1, 0.15) is 23.7 Å². The van der Waals surface area contributed by atoms with Gasteiger partial charge in [0.2, 0.25) is 0 Å². The molecule has 0 bridgehead atoms. The number of hydrogen-bond acceptors (Lipinski definition) is 12. The first-order chi connectivity index (χ1) is 11.1. The first-order valence-corrected chi connectivity index (χ1v) is 6.35. The van der Waals surface area contributed by atoms with Crippen molar-refractivity contribution in [2.75, 3.05) is 13.2 Å². The third-order valence-corrected chi connectivity index (χ3v) is 2.92. The normalized spacial score (nSPS) is 21.4. The molecule has 0 aliphatic carbocycles. The Hall–Kier alpha value is -1.44. The summed E-state index contributed by atoms with van der Waals surface area (Å²) in [5.41, 5.74) is 0. The van der Waals surface area contributed by atoms with E-state index >= 15 is 0 Å². The van der Waals surface area contributed by atoms with E-state index in [9.17, 15) is 19.8 Å². The zero-order chi connectivity index (χ0) is 18.6. The molecule has 0 saturated heterocycles. The van der Waals surface area contributed by atoms with Gasteiger partial charge in [-0.25, -0.2) is 9.59 Å². The van der Waals surface area contributed by atoms with Crippen LogP contribution in [0.4, 0.5) is 0 Å². The van der Waals surface area contributed by atoms with E-state index in [0.717, 1.165) is 0 Å². The number of esters is 2. The molecule has 2 aliphatic heterocycles. The molecule has 14 N–H and O–H groups in total. The summed E-state index contributed by atoms with van der Waals surface area (Å²) in [5.74, 6) is -6.50. The topological polar surface area (TPSA) is 346 Å². The minimum absolute atomic E-state index is 0. The fraction of sp³-hybridized carbons (Fsp3) is 0.500. The van der Waals surface area contributed by atoms with Crippen molar-refractivity contribution in [3.8, 4) is 0 Å². The maximum Gasteiger partial charge on any atom is 2.00 e. The van der Waals surface area contributed by atoms with Gasteiger partial charge in [-0.3, -0.25) is 0 Å². The number of carbonyl (C=O) groups is 2. The van der Waals surface area contributed by atoms with Crippen LogP contribution < -0.4 is 10.2 Å². The van der Waals surface area contributed by atoms with E-state index in [1.165, 1.54) is 0 Å². The van der Waals surface area contributed by atoms with Crippen LogP contribution in [0.25, 0.3) is 0 Å². The monoisotopic (exact) mass is 462 g/mol. The summed E-state index contributed by atoms with van der Waals surface area (Å²) < 4.78 is 8.51. The molecule has 29 heavy (non-hydrogen) atoms. The molecule has 2 rings (SSSR count). The molecule has 0 aromatic rings. The van der Waals surface area contributed by atoms with Gasteiger partial charge in [0.15, 0.2) is 12.2 Å². The Labute approximate surface area is 191 Å². The number of aliphatic hydroxyl groups is 6. The van der Waals surface area contributed by atoms with Crippen LogP contribution in [0.2, 0.25) is 0 Å². The van der Waals surface area contributed by atoms with Crippen LogP contribution in [-0.4, -0.2) is 140 Å². The minimum atomic E-state index is -1.46. The van der Waals surface area contributed by atoms with Crippen molar-refractivity contribution in [2.24, 2.45) is 0 Å². The van der Waals surface area contributed by atoms with Crippen molar-refractivity contribution in [1.82, 2.24) is 0 Å². The number of aliphatic hydroxyl groups excluding tert-OH is 6. The smallest absolute Gasteiger partial charge is 0.865 e. The van der Waals surface area contributed by atoms with Crippen molar-refractivity contribution in [2.45, 2.75) is 24.4 Å². The molecule has 4 atom stereocenters. The molecule has 0 aromatic carbocycles. The van der Waals surface area contributed by atoms with E-state index in [1.807, 2.05) is 0 Å². The molecule has 17 heteroatoms. The van der Waals surface area contributed by atoms with E-state index in [0.29, 0.717) is 0 Å². The Kier molecular flexibility index (Phi) is 21.6. The van der Waals surface area contributed by atoms with Crippen molar-refractivity contribution in [3.63, 3.8) is 0 Å². The summed E-state index contributed by atoms with van der Waals surface area (Å²) >= 11 is 0. The summed E-state index contributed by atoms with van der Waals surface area (Å²) in [4.78, 5) is 20.9. The molecule has 0 spiro atoms. The van der Waals surface area contributed by atoms with Crippen molar-refractivity contribution < 1.29 is 81.8 Å². The van der Waals surface area contributed by atoms with Crippen LogP contribution in [0.5, 0.6) is 0 Å². The summed E-state index contributed by atoms with van der Waals surface area (Å²) in [6.07, 6.45) is -5.76. The second-order valence-electron chi connectivity index (χ2n) is 4.58. The average molecular weight is 462 g/mol. The van der Waals surface area contributed by atoms with E-state index in [-0.39, 0.29) is 59.6 Å². The molecule has 168 valence electrons. The molecular weight excluding hydrogens is 440 g/mol. The van der Waals surface area contributed by atoms with Gasteiger partial charge in [-0.15, -0.1) is 0 Å². The van der Waals surface area contributed by atoms with Crippen LogP contribution in [-0.2, 0) is 19.1 Å². The Morgan fingerprint density at radius 2 is 1.00 bits per heavy atom. The molecule has 0 radical (unpaired) electrons. The van der Waals surface area contributed by atoms with Crippen LogP contribution >= 0.6 is 0 Å². The van der Waals surface area contributed by atoms with Crippen molar-refractivity contribution in [1.29, 1.82) is 0 Å². The maximum absolute atomic E-state index is 10.6. The van der Waals surface area contributed by atoms with Gasteiger partial charge in [0.25, 0.3) is 0 Å². The first-order valence-electron chi connectivity index (χ1n) is 6.35. The van der Waals surface area contributed by atoms with Gasteiger partial charge >= 0.3 is 49.7 Å². The van der Waals surface area contributed by atoms with Gasteiger partial charge in [-0.2, -0.15) is 0 Å². The van der Waals surface area contributed by atoms with E-state index in [4.69, 9.17) is 30.6 Å². The standard InChI is InChI=1S/2C6H8O6.Ca.4H2O/c2*7-1-2(8)5-3(9)4(10)6(11)12-5;;;;;/h2*2,5,7-10H,1H2;;4*1H2/q;;+2;;;;/p-2/t2*2-,5+;;;;;/m00...../s1. The summed E-state index contributed by atoms with van der Waals surface area (Å²) in [7, 11) is 0. The van der Waals surface area contributed by atoms with E-state index in [2.05, 4.69) is 9.47 Å². The van der Waals surface area contributed by atoms with Crippen LogP contribution in [0.15, 0.2) is 23.0 Å². The molecule has 2 aliphatic rings. The van der Waals surface area contributed by atoms with Crippen LogP contribution in [0.1, 0.15) is 0 Å². The molecule has 16 nitrogen and oxygen atoms in total. The average Bonchev–Trinajstić information content (AvgIpc) is 2.98. The largest absolute Gasteiger partial charge is 2.00 e. The molecule has 0 unspecified atom stereocenters. The number of hydrogen-bond donors (Lipinski definition) is 6. The van der Waals surface area contributed by atoms with Crippen LogP contribution in [0.3, 0.4) is 0 Å². The minimum Gasteiger partial charge on any atom is -0.865 e. The Bertz CT molecular complexity index is 524. The molecule has 0 amide bonds. The number of carbonyl (C=O) groups excluding carboxylic acids is 2. The van der Waals surface area contributed by atoms with Gasteiger partial charge in [-0.1, -0.05) is 0 Å². The molecule has 0 fully saturated rings. The number of ether oxygens (including phenoxy) is 2.